The van der Waals surface area contributed by atoms with Crippen molar-refractivity contribution in [1.29, 1.82) is 0 Å². The first-order valence-electron chi connectivity index (χ1n) is 5.10. The van der Waals surface area contributed by atoms with Gasteiger partial charge in [0.15, 0.2) is 0 Å². The summed E-state index contributed by atoms with van der Waals surface area (Å²) in [7, 11) is 1.51. The van der Waals surface area contributed by atoms with Crippen LogP contribution in [0.2, 0.25) is 0 Å². The molecule has 0 aliphatic heterocycles. The molecule has 94 valence electrons. The van der Waals surface area contributed by atoms with Crippen molar-refractivity contribution in [3.8, 4) is 11.5 Å². The summed E-state index contributed by atoms with van der Waals surface area (Å²) >= 11 is 0. The number of methoxy groups -OCH3 is 1. The lowest BCUT2D eigenvalue weighted by atomic mass is 10.1. The molecule has 0 saturated heterocycles. The smallest absolute Gasteiger partial charge is 0.255 e. The first-order chi connectivity index (χ1) is 8.08. The molecular weight excluding hydrogens is 224 g/mol. The van der Waals surface area contributed by atoms with Gasteiger partial charge < -0.3 is 26.0 Å². The summed E-state index contributed by atoms with van der Waals surface area (Å²) in [5.41, 5.74) is 5.53. The molecule has 5 N–H and O–H groups in total. The van der Waals surface area contributed by atoms with Crippen LogP contribution in [0, 0.1) is 0 Å². The van der Waals surface area contributed by atoms with Gasteiger partial charge in [-0.1, -0.05) is 0 Å². The van der Waals surface area contributed by atoms with Gasteiger partial charge in [-0.2, -0.15) is 0 Å². The largest absolute Gasteiger partial charge is 0.508 e. The van der Waals surface area contributed by atoms with Gasteiger partial charge in [0, 0.05) is 19.7 Å². The number of hydrogen-bond donors (Lipinski definition) is 4. The van der Waals surface area contributed by atoms with Gasteiger partial charge in [0.25, 0.3) is 5.91 Å². The summed E-state index contributed by atoms with van der Waals surface area (Å²) < 4.78 is 4.88. The molecule has 0 heterocycles. The molecule has 0 spiro atoms. The number of hydrogen-bond acceptors (Lipinski definition) is 5. The monoisotopic (exact) mass is 240 g/mol. The first-order valence-corrected chi connectivity index (χ1v) is 5.10. The van der Waals surface area contributed by atoms with Crippen molar-refractivity contribution in [3.05, 3.63) is 23.8 Å². The average molecular weight is 240 g/mol. The Morgan fingerprint density at radius 1 is 1.53 bits per heavy atom. The fraction of sp³-hybridized carbons (Fsp3) is 0.364. The Morgan fingerprint density at radius 2 is 2.24 bits per heavy atom. The molecule has 1 atom stereocenters. The number of nitrogens with one attached hydrogen (secondary N) is 1. The number of aromatic hydroxyl groups is 2. The summed E-state index contributed by atoms with van der Waals surface area (Å²) in [6, 6.07) is 3.44. The normalized spacial score (nSPS) is 12.1. The first kappa shape index (κ1) is 13.3. The van der Waals surface area contributed by atoms with Crippen LogP contribution in [0.25, 0.3) is 0 Å². The fourth-order valence-corrected chi connectivity index (χ4v) is 1.35. The van der Waals surface area contributed by atoms with E-state index in [1.165, 1.54) is 19.2 Å². The summed E-state index contributed by atoms with van der Waals surface area (Å²) in [6.07, 6.45) is 0. The quantitative estimate of drug-likeness (QED) is 0.570. The predicted molar refractivity (Wildman–Crippen MR) is 62.0 cm³/mol. The molecule has 6 nitrogen and oxygen atoms in total. The van der Waals surface area contributed by atoms with Crippen LogP contribution in [0.1, 0.15) is 10.4 Å². The molecule has 1 amide bonds. The number of rotatable bonds is 5. The fourth-order valence-electron chi connectivity index (χ4n) is 1.35. The molecule has 0 fully saturated rings. The summed E-state index contributed by atoms with van der Waals surface area (Å²) in [5.74, 6) is -0.850. The molecule has 1 rings (SSSR count). The van der Waals surface area contributed by atoms with E-state index in [4.69, 9.17) is 15.6 Å². The lowest BCUT2D eigenvalue weighted by Gasteiger charge is -2.16. The topological polar surface area (TPSA) is 105 Å². The minimum absolute atomic E-state index is 0.0809. The van der Waals surface area contributed by atoms with E-state index in [0.29, 0.717) is 6.61 Å². The third-order valence-electron chi connectivity index (χ3n) is 2.21. The van der Waals surface area contributed by atoms with E-state index in [0.717, 1.165) is 6.07 Å². The van der Waals surface area contributed by atoms with Crippen LogP contribution in [0.15, 0.2) is 18.2 Å². The lowest BCUT2D eigenvalue weighted by molar-refractivity contribution is 0.0898. The Bertz CT molecular complexity index is 395. The van der Waals surface area contributed by atoms with Crippen LogP contribution >= 0.6 is 0 Å². The third-order valence-corrected chi connectivity index (χ3v) is 2.21. The number of benzene rings is 1. The molecule has 17 heavy (non-hydrogen) atoms. The van der Waals surface area contributed by atoms with Gasteiger partial charge in [-0.3, -0.25) is 4.79 Å². The SMILES string of the molecule is COCC(CN)NC(=O)c1ccc(O)cc1O. The van der Waals surface area contributed by atoms with Crippen molar-refractivity contribution in [2.24, 2.45) is 5.73 Å². The van der Waals surface area contributed by atoms with E-state index >= 15 is 0 Å². The maximum Gasteiger partial charge on any atom is 0.255 e. The maximum absolute atomic E-state index is 11.8. The van der Waals surface area contributed by atoms with Crippen molar-refractivity contribution < 1.29 is 19.7 Å². The van der Waals surface area contributed by atoms with Crippen molar-refractivity contribution in [3.63, 3.8) is 0 Å². The molecule has 0 aliphatic rings. The standard InChI is InChI=1S/C11H16N2O4/c1-17-6-7(5-12)13-11(16)9-3-2-8(14)4-10(9)15/h2-4,7,14-15H,5-6,12H2,1H3,(H,13,16). The van der Waals surface area contributed by atoms with E-state index in [-0.39, 0.29) is 29.6 Å². The van der Waals surface area contributed by atoms with Crippen LogP contribution in [0.5, 0.6) is 11.5 Å². The Kier molecular flexibility index (Phi) is 4.74. The van der Waals surface area contributed by atoms with Crippen molar-refractivity contribution >= 4 is 5.91 Å². The number of phenols is 2. The highest BCUT2D eigenvalue weighted by Gasteiger charge is 2.15. The molecule has 0 aliphatic carbocycles. The van der Waals surface area contributed by atoms with Crippen LogP contribution in [0.3, 0.4) is 0 Å². The zero-order valence-electron chi connectivity index (χ0n) is 9.51. The Morgan fingerprint density at radius 3 is 2.76 bits per heavy atom. The van der Waals surface area contributed by atoms with Crippen molar-refractivity contribution in [1.82, 2.24) is 5.32 Å². The Hall–Kier alpha value is -1.79. The second-order valence-corrected chi connectivity index (χ2v) is 3.56. The van der Waals surface area contributed by atoms with Gasteiger partial charge >= 0.3 is 0 Å². The van der Waals surface area contributed by atoms with E-state index in [1.807, 2.05) is 0 Å². The van der Waals surface area contributed by atoms with E-state index < -0.39 is 5.91 Å². The second-order valence-electron chi connectivity index (χ2n) is 3.56. The van der Waals surface area contributed by atoms with Gasteiger partial charge in [0.1, 0.15) is 11.5 Å². The molecule has 0 aromatic heterocycles. The summed E-state index contributed by atoms with van der Waals surface area (Å²) in [4.78, 5) is 11.8. The highest BCUT2D eigenvalue weighted by molar-refractivity contribution is 5.97. The molecule has 6 heteroatoms. The number of ether oxygens (including phenoxy) is 1. The Balaban J connectivity index is 2.75. The minimum atomic E-state index is -0.463. The molecule has 0 bridgehead atoms. The van der Waals surface area contributed by atoms with E-state index in [9.17, 15) is 9.90 Å². The average Bonchev–Trinajstić information content (AvgIpc) is 2.28. The van der Waals surface area contributed by atoms with Crippen LogP contribution in [0.4, 0.5) is 0 Å². The number of nitrogens with two attached hydrogens (primary N) is 1. The van der Waals surface area contributed by atoms with Crippen molar-refractivity contribution in [2.45, 2.75) is 6.04 Å². The molecular formula is C11H16N2O4. The van der Waals surface area contributed by atoms with E-state index in [1.54, 1.807) is 0 Å². The van der Waals surface area contributed by atoms with Gasteiger partial charge in [-0.05, 0) is 12.1 Å². The molecule has 1 unspecified atom stereocenters. The van der Waals surface area contributed by atoms with Gasteiger partial charge in [0.2, 0.25) is 0 Å². The van der Waals surface area contributed by atoms with Crippen LogP contribution in [-0.4, -0.2) is 42.4 Å². The zero-order chi connectivity index (χ0) is 12.8. The lowest BCUT2D eigenvalue weighted by Crippen LogP contribution is -2.43. The minimum Gasteiger partial charge on any atom is -0.508 e. The van der Waals surface area contributed by atoms with Gasteiger partial charge in [-0.15, -0.1) is 0 Å². The van der Waals surface area contributed by atoms with Crippen LogP contribution < -0.4 is 11.1 Å². The molecule has 1 aromatic carbocycles. The summed E-state index contributed by atoms with van der Waals surface area (Å²) in [5, 5.41) is 21.2. The van der Waals surface area contributed by atoms with E-state index in [2.05, 4.69) is 5.32 Å². The molecule has 1 aromatic rings. The number of phenolic OH excluding ortho intramolecular Hbond substituents is 2. The maximum atomic E-state index is 11.8. The Labute approximate surface area is 99.0 Å². The van der Waals surface area contributed by atoms with Crippen LogP contribution in [-0.2, 0) is 4.74 Å². The summed E-state index contributed by atoms with van der Waals surface area (Å²) in [6.45, 7) is 0.527. The number of carbonyl (C=O) groups is 1. The number of carbonyl (C=O) groups excluding carboxylic acids is 1. The van der Waals surface area contributed by atoms with Crippen molar-refractivity contribution in [2.75, 3.05) is 20.3 Å². The second kappa shape index (κ2) is 6.07. The molecule has 0 radical (unpaired) electrons. The molecule has 0 saturated carbocycles. The third kappa shape index (κ3) is 3.61. The predicted octanol–water partition coefficient (Wildman–Crippen LogP) is -0.199. The highest BCUT2D eigenvalue weighted by atomic mass is 16.5. The zero-order valence-corrected chi connectivity index (χ0v) is 9.51. The highest BCUT2D eigenvalue weighted by Crippen LogP contribution is 2.22. The van der Waals surface area contributed by atoms with Gasteiger partial charge in [-0.25, -0.2) is 0 Å². The number of amides is 1. The van der Waals surface area contributed by atoms with Gasteiger partial charge in [0.05, 0.1) is 18.2 Å².